The topological polar surface area (TPSA) is 77.8 Å². The van der Waals surface area contributed by atoms with Crippen LogP contribution in [-0.4, -0.2) is 16.1 Å². The van der Waals surface area contributed by atoms with Crippen molar-refractivity contribution in [1.29, 1.82) is 0 Å². The van der Waals surface area contributed by atoms with E-state index in [4.69, 9.17) is 0 Å². The SMILES string of the molecule is CC(C)(C)C(=O)Nc1cc(F)c2c(=O)[nH][nH]c2c1. The fraction of sp³-hybridized carbons (Fsp3) is 0.333. The second-order valence-electron chi connectivity index (χ2n) is 5.16. The highest BCUT2D eigenvalue weighted by Gasteiger charge is 2.21. The molecular formula is C12H14FN3O2. The zero-order chi connectivity index (χ0) is 13.5. The third kappa shape index (κ3) is 2.13. The number of hydrogen-bond donors (Lipinski definition) is 3. The van der Waals surface area contributed by atoms with Gasteiger partial charge in [0.05, 0.1) is 5.52 Å². The molecule has 3 N–H and O–H groups in total. The van der Waals surface area contributed by atoms with E-state index in [1.807, 2.05) is 0 Å². The number of benzene rings is 1. The minimum Gasteiger partial charge on any atom is -0.325 e. The molecule has 0 bridgehead atoms. The summed E-state index contributed by atoms with van der Waals surface area (Å²) in [7, 11) is 0. The van der Waals surface area contributed by atoms with Gasteiger partial charge < -0.3 is 5.32 Å². The molecular weight excluding hydrogens is 237 g/mol. The van der Waals surface area contributed by atoms with E-state index >= 15 is 0 Å². The highest BCUT2D eigenvalue weighted by molar-refractivity contribution is 5.96. The first kappa shape index (κ1) is 12.3. The van der Waals surface area contributed by atoms with Crippen LogP contribution in [-0.2, 0) is 4.79 Å². The Hall–Kier alpha value is -2.11. The average molecular weight is 251 g/mol. The molecule has 0 saturated carbocycles. The summed E-state index contributed by atoms with van der Waals surface area (Å²) in [6.07, 6.45) is 0. The van der Waals surface area contributed by atoms with Gasteiger partial charge in [0, 0.05) is 11.1 Å². The van der Waals surface area contributed by atoms with Crippen molar-refractivity contribution in [3.05, 3.63) is 28.3 Å². The number of fused-ring (bicyclic) bond motifs is 1. The number of hydrogen-bond acceptors (Lipinski definition) is 2. The van der Waals surface area contributed by atoms with Crippen molar-refractivity contribution < 1.29 is 9.18 Å². The van der Waals surface area contributed by atoms with E-state index in [9.17, 15) is 14.0 Å². The van der Waals surface area contributed by atoms with Gasteiger partial charge in [0.2, 0.25) is 5.91 Å². The molecule has 2 rings (SSSR count). The lowest BCUT2D eigenvalue weighted by molar-refractivity contribution is -0.123. The zero-order valence-corrected chi connectivity index (χ0v) is 10.3. The van der Waals surface area contributed by atoms with Crippen molar-refractivity contribution in [2.24, 2.45) is 5.41 Å². The number of anilines is 1. The van der Waals surface area contributed by atoms with Gasteiger partial charge in [-0.05, 0) is 12.1 Å². The minimum atomic E-state index is -0.667. The van der Waals surface area contributed by atoms with Gasteiger partial charge in [0.15, 0.2) is 0 Å². The van der Waals surface area contributed by atoms with Gasteiger partial charge in [0.1, 0.15) is 11.2 Å². The number of aromatic nitrogens is 2. The highest BCUT2D eigenvalue weighted by atomic mass is 19.1. The van der Waals surface area contributed by atoms with Crippen molar-refractivity contribution in [2.75, 3.05) is 5.32 Å². The molecule has 1 heterocycles. The van der Waals surface area contributed by atoms with E-state index in [2.05, 4.69) is 15.5 Å². The number of amides is 1. The fourth-order valence-electron chi connectivity index (χ4n) is 1.51. The number of carbonyl (C=O) groups is 1. The van der Waals surface area contributed by atoms with Crippen LogP contribution in [0, 0.1) is 11.2 Å². The molecule has 0 aliphatic carbocycles. The molecule has 2 aromatic rings. The quantitative estimate of drug-likeness (QED) is 0.724. The lowest BCUT2D eigenvalue weighted by Gasteiger charge is -2.17. The van der Waals surface area contributed by atoms with E-state index in [-0.39, 0.29) is 11.3 Å². The molecule has 18 heavy (non-hydrogen) atoms. The first-order valence-electron chi connectivity index (χ1n) is 5.50. The number of rotatable bonds is 1. The van der Waals surface area contributed by atoms with E-state index in [1.165, 1.54) is 6.07 Å². The molecule has 0 atom stereocenters. The smallest absolute Gasteiger partial charge is 0.274 e. The molecule has 0 saturated heterocycles. The van der Waals surface area contributed by atoms with Gasteiger partial charge >= 0.3 is 0 Å². The number of nitrogens with one attached hydrogen (secondary N) is 3. The lowest BCUT2D eigenvalue weighted by atomic mass is 9.95. The Morgan fingerprint density at radius 1 is 1.28 bits per heavy atom. The Balaban J connectivity index is 2.42. The van der Waals surface area contributed by atoms with Crippen LogP contribution >= 0.6 is 0 Å². The molecule has 96 valence electrons. The summed E-state index contributed by atoms with van der Waals surface area (Å²) in [5, 5.41) is 7.42. The number of halogens is 1. The summed E-state index contributed by atoms with van der Waals surface area (Å²) in [5.74, 6) is -0.890. The summed E-state index contributed by atoms with van der Waals surface area (Å²) in [6, 6.07) is 2.65. The van der Waals surface area contributed by atoms with E-state index in [0.29, 0.717) is 11.2 Å². The standard InChI is InChI=1S/C12H14FN3O2/c1-12(2,3)11(18)14-6-4-7(13)9-8(5-6)15-16-10(9)17/h4-5H,1-3H3,(H,14,18)(H2,15,16,17). The fourth-order valence-corrected chi connectivity index (χ4v) is 1.51. The maximum absolute atomic E-state index is 13.7. The van der Waals surface area contributed by atoms with E-state index < -0.39 is 16.8 Å². The van der Waals surface area contributed by atoms with Crippen molar-refractivity contribution >= 4 is 22.5 Å². The molecule has 1 aromatic heterocycles. The maximum atomic E-state index is 13.7. The van der Waals surface area contributed by atoms with Crippen LogP contribution in [0.15, 0.2) is 16.9 Å². The molecule has 0 fully saturated rings. The molecule has 0 radical (unpaired) electrons. The molecule has 0 unspecified atom stereocenters. The average Bonchev–Trinajstić information content (AvgIpc) is 2.59. The molecule has 6 heteroatoms. The summed E-state index contributed by atoms with van der Waals surface area (Å²) in [5.41, 5.74) is -0.452. The summed E-state index contributed by atoms with van der Waals surface area (Å²) in [6.45, 7) is 5.28. The highest BCUT2D eigenvalue weighted by Crippen LogP contribution is 2.21. The predicted octanol–water partition coefficient (Wildman–Crippen LogP) is 1.98. The predicted molar refractivity (Wildman–Crippen MR) is 67.0 cm³/mol. The Labute approximate surface area is 102 Å². The first-order chi connectivity index (χ1) is 8.29. The van der Waals surface area contributed by atoms with Crippen LogP contribution in [0.1, 0.15) is 20.8 Å². The second-order valence-corrected chi connectivity index (χ2v) is 5.16. The summed E-state index contributed by atoms with van der Waals surface area (Å²) >= 11 is 0. The molecule has 1 amide bonds. The summed E-state index contributed by atoms with van der Waals surface area (Å²) in [4.78, 5) is 23.1. The second kappa shape index (κ2) is 3.97. The van der Waals surface area contributed by atoms with Gasteiger partial charge in [-0.2, -0.15) is 0 Å². The normalized spacial score (nSPS) is 11.8. The van der Waals surface area contributed by atoms with Gasteiger partial charge in [-0.3, -0.25) is 19.8 Å². The van der Waals surface area contributed by atoms with Crippen LogP contribution < -0.4 is 10.9 Å². The van der Waals surface area contributed by atoms with Crippen LogP contribution in [0.4, 0.5) is 10.1 Å². The molecule has 0 aliphatic heterocycles. The Kier molecular flexibility index (Phi) is 2.73. The van der Waals surface area contributed by atoms with Crippen LogP contribution in [0.3, 0.4) is 0 Å². The Morgan fingerprint density at radius 3 is 2.56 bits per heavy atom. The van der Waals surface area contributed by atoms with Crippen LogP contribution in [0.5, 0.6) is 0 Å². The molecule has 0 spiro atoms. The number of carbonyl (C=O) groups excluding carboxylic acids is 1. The zero-order valence-electron chi connectivity index (χ0n) is 10.3. The van der Waals surface area contributed by atoms with Crippen molar-refractivity contribution in [2.45, 2.75) is 20.8 Å². The van der Waals surface area contributed by atoms with Gasteiger partial charge in [-0.25, -0.2) is 4.39 Å². The van der Waals surface area contributed by atoms with Gasteiger partial charge in [-0.15, -0.1) is 0 Å². The van der Waals surface area contributed by atoms with Crippen molar-refractivity contribution in [3.8, 4) is 0 Å². The largest absolute Gasteiger partial charge is 0.325 e. The van der Waals surface area contributed by atoms with Crippen LogP contribution in [0.25, 0.3) is 10.9 Å². The molecule has 0 aliphatic rings. The summed E-state index contributed by atoms with van der Waals surface area (Å²) < 4.78 is 13.7. The molecule has 1 aromatic carbocycles. The maximum Gasteiger partial charge on any atom is 0.274 e. The molecule has 5 nitrogen and oxygen atoms in total. The van der Waals surface area contributed by atoms with Gasteiger partial charge in [-0.1, -0.05) is 20.8 Å². The third-order valence-electron chi connectivity index (χ3n) is 2.57. The van der Waals surface area contributed by atoms with Gasteiger partial charge in [0.25, 0.3) is 5.56 Å². The van der Waals surface area contributed by atoms with Crippen molar-refractivity contribution in [1.82, 2.24) is 10.2 Å². The monoisotopic (exact) mass is 251 g/mol. The number of aromatic amines is 2. The van der Waals surface area contributed by atoms with Crippen LogP contribution in [0.2, 0.25) is 0 Å². The minimum absolute atomic E-state index is 0.0382. The third-order valence-corrected chi connectivity index (χ3v) is 2.57. The Morgan fingerprint density at radius 2 is 1.94 bits per heavy atom. The van der Waals surface area contributed by atoms with Crippen molar-refractivity contribution in [3.63, 3.8) is 0 Å². The van der Waals surface area contributed by atoms with E-state index in [0.717, 1.165) is 6.07 Å². The lowest BCUT2D eigenvalue weighted by Crippen LogP contribution is -2.27. The Bertz CT molecular complexity index is 664. The first-order valence-corrected chi connectivity index (χ1v) is 5.50. The number of H-pyrrole nitrogens is 2. The van der Waals surface area contributed by atoms with E-state index in [1.54, 1.807) is 20.8 Å².